The Labute approximate surface area is 220 Å². The van der Waals surface area contributed by atoms with Gasteiger partial charge in [-0.3, -0.25) is 0 Å². The fourth-order valence-corrected chi connectivity index (χ4v) is 5.90. The first-order chi connectivity index (χ1) is 17.7. The number of fused-ring (bicyclic) bond motifs is 1. The lowest BCUT2D eigenvalue weighted by Crippen LogP contribution is -2.13. The fourth-order valence-electron chi connectivity index (χ4n) is 5.90. The molecule has 0 N–H and O–H groups in total. The van der Waals surface area contributed by atoms with Crippen molar-refractivity contribution in [1.82, 2.24) is 0 Å². The third-order valence-electron chi connectivity index (χ3n) is 8.27. The van der Waals surface area contributed by atoms with Gasteiger partial charge in [-0.1, -0.05) is 113 Å². The van der Waals surface area contributed by atoms with Crippen LogP contribution in [0.2, 0.25) is 0 Å². The molecule has 3 aromatic rings. The summed E-state index contributed by atoms with van der Waals surface area (Å²) in [5, 5.41) is 2.62. The van der Waals surface area contributed by atoms with Crippen LogP contribution in [0.3, 0.4) is 0 Å². The minimum absolute atomic E-state index is 0.747. The van der Waals surface area contributed by atoms with E-state index in [2.05, 4.69) is 86.4 Å². The second kappa shape index (κ2) is 14.3. The van der Waals surface area contributed by atoms with E-state index in [1.165, 1.54) is 112 Å². The first-order valence-electron chi connectivity index (χ1n) is 14.9. The van der Waals surface area contributed by atoms with Gasteiger partial charge in [-0.05, 0) is 96.5 Å². The van der Waals surface area contributed by atoms with Gasteiger partial charge in [0, 0.05) is 11.1 Å². The lowest BCUT2D eigenvalue weighted by atomic mass is 9.77. The van der Waals surface area contributed by atoms with Gasteiger partial charge in [0.2, 0.25) is 0 Å². The highest BCUT2D eigenvalue weighted by atomic mass is 14.3. The zero-order valence-corrected chi connectivity index (χ0v) is 22.8. The topological polar surface area (TPSA) is 0 Å². The molecule has 0 amide bonds. The molecule has 190 valence electrons. The SMILES string of the molecule is CCCCCCCCc1ccc2cc(C#Cc3ccc([C@H]4CC[C@H](CCCC)CC4)cc3)ccc2c1. The summed E-state index contributed by atoms with van der Waals surface area (Å²) in [6.45, 7) is 4.59. The molecule has 3 aromatic carbocycles. The van der Waals surface area contributed by atoms with E-state index in [0.717, 1.165) is 23.0 Å². The van der Waals surface area contributed by atoms with E-state index in [4.69, 9.17) is 0 Å². The van der Waals surface area contributed by atoms with Gasteiger partial charge in [-0.25, -0.2) is 0 Å². The standard InChI is InChI=1S/C36H46/c1-3-5-7-8-9-10-12-31-19-25-36-28-32(20-26-35(36)27-31)14-13-30-17-23-34(24-18-30)33-21-15-29(16-22-33)11-6-4-2/h17-20,23-29,33H,3-12,15-16,21-22H2,1-2H3/t29-,33-. The van der Waals surface area contributed by atoms with E-state index in [1.54, 1.807) is 0 Å². The molecule has 0 heterocycles. The summed E-state index contributed by atoms with van der Waals surface area (Å²) in [6.07, 6.45) is 19.0. The summed E-state index contributed by atoms with van der Waals surface area (Å²) in [5.74, 6) is 8.52. The number of rotatable bonds is 11. The number of unbranched alkanes of at least 4 members (excludes halogenated alkanes) is 6. The predicted molar refractivity (Wildman–Crippen MR) is 158 cm³/mol. The quantitative estimate of drug-likeness (QED) is 0.190. The third-order valence-corrected chi connectivity index (χ3v) is 8.27. The number of hydrogen-bond acceptors (Lipinski definition) is 0. The number of hydrogen-bond donors (Lipinski definition) is 0. The van der Waals surface area contributed by atoms with Gasteiger partial charge in [0.05, 0.1) is 0 Å². The van der Waals surface area contributed by atoms with Crippen LogP contribution < -0.4 is 0 Å². The van der Waals surface area contributed by atoms with Crippen LogP contribution in [0.4, 0.5) is 0 Å². The molecule has 0 spiro atoms. The molecule has 0 bridgehead atoms. The van der Waals surface area contributed by atoms with Gasteiger partial charge in [-0.15, -0.1) is 0 Å². The van der Waals surface area contributed by atoms with Crippen molar-refractivity contribution in [2.24, 2.45) is 5.92 Å². The van der Waals surface area contributed by atoms with Crippen molar-refractivity contribution < 1.29 is 0 Å². The van der Waals surface area contributed by atoms with Gasteiger partial charge in [0.15, 0.2) is 0 Å². The summed E-state index contributed by atoms with van der Waals surface area (Å²) in [5.41, 5.74) is 5.19. The van der Waals surface area contributed by atoms with Crippen LogP contribution in [0.15, 0.2) is 60.7 Å². The maximum atomic E-state index is 3.40. The zero-order chi connectivity index (χ0) is 25.0. The summed E-state index contributed by atoms with van der Waals surface area (Å²) in [7, 11) is 0. The maximum absolute atomic E-state index is 3.40. The van der Waals surface area contributed by atoms with Crippen molar-refractivity contribution in [1.29, 1.82) is 0 Å². The van der Waals surface area contributed by atoms with E-state index in [0.29, 0.717) is 0 Å². The highest BCUT2D eigenvalue weighted by Crippen LogP contribution is 2.37. The average molecular weight is 479 g/mol. The first-order valence-corrected chi connectivity index (χ1v) is 14.9. The molecule has 1 aliphatic rings. The van der Waals surface area contributed by atoms with Crippen LogP contribution in [-0.4, -0.2) is 0 Å². The van der Waals surface area contributed by atoms with Crippen molar-refractivity contribution in [2.45, 2.75) is 110 Å². The third kappa shape index (κ3) is 8.00. The van der Waals surface area contributed by atoms with E-state index < -0.39 is 0 Å². The minimum Gasteiger partial charge on any atom is -0.0654 e. The molecule has 0 saturated heterocycles. The molecule has 0 heteroatoms. The number of benzene rings is 3. The zero-order valence-electron chi connectivity index (χ0n) is 22.8. The summed E-state index contributed by atoms with van der Waals surface area (Å²) >= 11 is 0. The van der Waals surface area contributed by atoms with Crippen molar-refractivity contribution in [3.05, 3.63) is 82.9 Å². The Kier molecular flexibility index (Phi) is 10.5. The molecule has 0 atom stereocenters. The molecule has 0 aliphatic heterocycles. The van der Waals surface area contributed by atoms with Crippen LogP contribution in [0, 0.1) is 17.8 Å². The van der Waals surface area contributed by atoms with Crippen LogP contribution in [0.5, 0.6) is 0 Å². The lowest BCUT2D eigenvalue weighted by Gasteiger charge is -2.28. The summed E-state index contributed by atoms with van der Waals surface area (Å²) in [4.78, 5) is 0. The molecule has 1 saturated carbocycles. The van der Waals surface area contributed by atoms with E-state index in [-0.39, 0.29) is 0 Å². The van der Waals surface area contributed by atoms with E-state index in [9.17, 15) is 0 Å². The monoisotopic (exact) mass is 478 g/mol. The molecule has 0 unspecified atom stereocenters. The van der Waals surface area contributed by atoms with Crippen molar-refractivity contribution in [3.63, 3.8) is 0 Å². The highest BCUT2D eigenvalue weighted by molar-refractivity contribution is 5.84. The maximum Gasteiger partial charge on any atom is 0.0255 e. The Bertz CT molecular complexity index is 1120. The van der Waals surface area contributed by atoms with Crippen LogP contribution in [0.25, 0.3) is 10.8 Å². The largest absolute Gasteiger partial charge is 0.0654 e. The molecule has 1 aliphatic carbocycles. The second-order valence-corrected chi connectivity index (χ2v) is 11.1. The molecule has 1 fully saturated rings. The van der Waals surface area contributed by atoms with E-state index >= 15 is 0 Å². The molecule has 0 radical (unpaired) electrons. The Morgan fingerprint density at radius 1 is 0.611 bits per heavy atom. The van der Waals surface area contributed by atoms with Crippen molar-refractivity contribution in [3.8, 4) is 11.8 Å². The Hall–Kier alpha value is -2.52. The normalized spacial score (nSPS) is 17.6. The van der Waals surface area contributed by atoms with Crippen LogP contribution >= 0.6 is 0 Å². The molecule has 0 nitrogen and oxygen atoms in total. The molecular formula is C36H46. The Morgan fingerprint density at radius 2 is 1.25 bits per heavy atom. The summed E-state index contributed by atoms with van der Waals surface area (Å²) < 4.78 is 0. The molecule has 4 rings (SSSR count). The first kappa shape index (κ1) is 26.5. The molecular weight excluding hydrogens is 432 g/mol. The van der Waals surface area contributed by atoms with Crippen molar-refractivity contribution >= 4 is 10.8 Å². The predicted octanol–water partition coefficient (Wildman–Crippen LogP) is 10.6. The smallest absolute Gasteiger partial charge is 0.0255 e. The van der Waals surface area contributed by atoms with Gasteiger partial charge in [0.1, 0.15) is 0 Å². The van der Waals surface area contributed by atoms with Gasteiger partial charge < -0.3 is 0 Å². The Balaban J connectivity index is 1.30. The van der Waals surface area contributed by atoms with Gasteiger partial charge in [-0.2, -0.15) is 0 Å². The lowest BCUT2D eigenvalue weighted by molar-refractivity contribution is 0.304. The van der Waals surface area contributed by atoms with E-state index in [1.807, 2.05) is 0 Å². The molecule has 36 heavy (non-hydrogen) atoms. The molecule has 0 aromatic heterocycles. The van der Waals surface area contributed by atoms with Gasteiger partial charge in [0.25, 0.3) is 0 Å². The average Bonchev–Trinajstić information content (AvgIpc) is 2.93. The number of aryl methyl sites for hydroxylation is 1. The Morgan fingerprint density at radius 3 is 2.03 bits per heavy atom. The fraction of sp³-hybridized carbons (Fsp3) is 0.500. The second-order valence-electron chi connectivity index (χ2n) is 11.1. The highest BCUT2D eigenvalue weighted by Gasteiger charge is 2.21. The van der Waals surface area contributed by atoms with Crippen LogP contribution in [-0.2, 0) is 6.42 Å². The van der Waals surface area contributed by atoms with Gasteiger partial charge >= 0.3 is 0 Å². The van der Waals surface area contributed by atoms with Crippen molar-refractivity contribution in [2.75, 3.05) is 0 Å². The summed E-state index contributed by atoms with van der Waals surface area (Å²) in [6, 6.07) is 22.7. The minimum atomic E-state index is 0.747. The van der Waals surface area contributed by atoms with Crippen LogP contribution in [0.1, 0.15) is 125 Å².